The Kier molecular flexibility index (Phi) is 2.92. The third-order valence-electron chi connectivity index (χ3n) is 3.38. The van der Waals surface area contributed by atoms with Crippen LogP contribution in [0.25, 0.3) is 17.7 Å². The van der Waals surface area contributed by atoms with Gasteiger partial charge in [0, 0.05) is 5.57 Å². The highest BCUT2D eigenvalue weighted by Gasteiger charge is 2.18. The van der Waals surface area contributed by atoms with Crippen LogP contribution < -0.4 is 0 Å². The van der Waals surface area contributed by atoms with E-state index in [1.807, 2.05) is 72.8 Å². The van der Waals surface area contributed by atoms with Gasteiger partial charge in [0.15, 0.2) is 0 Å². The molecule has 0 radical (unpaired) electrons. The fourth-order valence-electron chi connectivity index (χ4n) is 2.47. The fourth-order valence-corrected chi connectivity index (χ4v) is 2.47. The van der Waals surface area contributed by atoms with Crippen LogP contribution in [-0.2, 0) is 0 Å². The molecule has 0 spiro atoms. The zero-order valence-corrected chi connectivity index (χ0v) is 10.7. The van der Waals surface area contributed by atoms with E-state index in [2.05, 4.69) is 0 Å². The largest absolute Gasteiger partial charge is 0.192 e. The Labute approximate surface area is 117 Å². The third-order valence-corrected chi connectivity index (χ3v) is 3.38. The predicted molar refractivity (Wildman–Crippen MR) is 79.1 cm³/mol. The van der Waals surface area contributed by atoms with Crippen molar-refractivity contribution in [2.75, 3.05) is 0 Å². The molecule has 0 heterocycles. The molecule has 0 bridgehead atoms. The molecule has 92 valence electrons. The van der Waals surface area contributed by atoms with Gasteiger partial charge in [-0.15, -0.1) is 0 Å². The number of allylic oxidation sites excluding steroid dienone is 1. The summed E-state index contributed by atoms with van der Waals surface area (Å²) in [5, 5.41) is 18.5. The molecule has 1 aliphatic carbocycles. The van der Waals surface area contributed by atoms with Crippen molar-refractivity contribution in [3.05, 3.63) is 76.4 Å². The van der Waals surface area contributed by atoms with E-state index in [9.17, 15) is 10.5 Å². The Morgan fingerprint density at radius 3 is 1.60 bits per heavy atom. The lowest BCUT2D eigenvalue weighted by Crippen LogP contribution is -1.95. The van der Waals surface area contributed by atoms with E-state index in [0.29, 0.717) is 5.57 Å². The lowest BCUT2D eigenvalue weighted by Gasteiger charge is -2.11. The molecule has 2 aromatic carbocycles. The minimum atomic E-state index is 0.147. The molecule has 2 nitrogen and oxygen atoms in total. The molecule has 0 N–H and O–H groups in total. The second-order valence-electron chi connectivity index (χ2n) is 4.48. The normalized spacial score (nSPS) is 11.6. The fraction of sp³-hybridized carbons (Fsp3) is 0. The SMILES string of the molecule is N#CC(C#N)=C1c2ccccc2C=Cc2ccccc21. The Morgan fingerprint density at radius 2 is 1.15 bits per heavy atom. The van der Waals surface area contributed by atoms with Crippen molar-refractivity contribution in [1.29, 1.82) is 10.5 Å². The summed E-state index contributed by atoms with van der Waals surface area (Å²) < 4.78 is 0. The lowest BCUT2D eigenvalue weighted by atomic mass is 9.90. The topological polar surface area (TPSA) is 47.6 Å². The van der Waals surface area contributed by atoms with Crippen LogP contribution in [0.1, 0.15) is 22.3 Å². The van der Waals surface area contributed by atoms with E-state index in [1.165, 1.54) is 0 Å². The van der Waals surface area contributed by atoms with Crippen LogP contribution in [0.3, 0.4) is 0 Å². The third kappa shape index (κ3) is 1.81. The summed E-state index contributed by atoms with van der Waals surface area (Å²) in [5.41, 5.74) is 4.74. The first-order valence-corrected chi connectivity index (χ1v) is 6.26. The average Bonchev–Trinajstić information content (AvgIpc) is 2.67. The molecule has 1 aliphatic rings. The molecule has 3 rings (SSSR count). The maximum absolute atomic E-state index is 9.27. The van der Waals surface area contributed by atoms with Crippen LogP contribution >= 0.6 is 0 Å². The monoisotopic (exact) mass is 254 g/mol. The van der Waals surface area contributed by atoms with Crippen LogP contribution in [0, 0.1) is 22.7 Å². The Hall–Kier alpha value is -3.10. The maximum atomic E-state index is 9.27. The summed E-state index contributed by atoms with van der Waals surface area (Å²) in [4.78, 5) is 0. The number of nitriles is 2. The number of rotatable bonds is 0. The van der Waals surface area contributed by atoms with Gasteiger partial charge in [-0.3, -0.25) is 0 Å². The summed E-state index contributed by atoms with van der Waals surface area (Å²) in [6.07, 6.45) is 4.04. The molecule has 0 aromatic heterocycles. The minimum Gasteiger partial charge on any atom is -0.192 e. The standard InChI is InChI=1S/C18H10N2/c19-11-15(12-20)18-16-7-3-1-5-13(16)9-10-14-6-2-4-8-17(14)18/h1-10H. The van der Waals surface area contributed by atoms with Gasteiger partial charge in [-0.1, -0.05) is 60.7 Å². The van der Waals surface area contributed by atoms with Crippen LogP contribution in [0.15, 0.2) is 54.1 Å². The molecule has 2 heteroatoms. The first kappa shape index (κ1) is 12.0. The summed E-state index contributed by atoms with van der Waals surface area (Å²) in [5.74, 6) is 0. The van der Waals surface area contributed by atoms with Gasteiger partial charge >= 0.3 is 0 Å². The second kappa shape index (κ2) is 4.88. The van der Waals surface area contributed by atoms with E-state index in [-0.39, 0.29) is 5.57 Å². The van der Waals surface area contributed by atoms with Crippen molar-refractivity contribution in [3.8, 4) is 12.1 Å². The lowest BCUT2D eigenvalue weighted by molar-refractivity contribution is 1.44. The number of benzene rings is 2. The smallest absolute Gasteiger partial charge is 0.138 e. The number of hydrogen-bond acceptors (Lipinski definition) is 2. The van der Waals surface area contributed by atoms with Gasteiger partial charge < -0.3 is 0 Å². The average molecular weight is 254 g/mol. The molecule has 0 aliphatic heterocycles. The van der Waals surface area contributed by atoms with Crippen molar-refractivity contribution in [2.45, 2.75) is 0 Å². The van der Waals surface area contributed by atoms with Crippen LogP contribution in [0.5, 0.6) is 0 Å². The van der Waals surface area contributed by atoms with Crippen molar-refractivity contribution in [1.82, 2.24) is 0 Å². The molecule has 0 atom stereocenters. The summed E-state index contributed by atoms with van der Waals surface area (Å²) in [7, 11) is 0. The Bertz CT molecular complexity index is 759. The van der Waals surface area contributed by atoms with Gasteiger partial charge in [-0.05, 0) is 22.3 Å². The molecule has 0 saturated carbocycles. The van der Waals surface area contributed by atoms with Gasteiger partial charge in [-0.2, -0.15) is 10.5 Å². The van der Waals surface area contributed by atoms with Gasteiger partial charge in [0.2, 0.25) is 0 Å². The number of fused-ring (bicyclic) bond motifs is 2. The molecular weight excluding hydrogens is 244 g/mol. The van der Waals surface area contributed by atoms with Crippen LogP contribution in [0.2, 0.25) is 0 Å². The van der Waals surface area contributed by atoms with Crippen molar-refractivity contribution in [2.24, 2.45) is 0 Å². The maximum Gasteiger partial charge on any atom is 0.138 e. The highest BCUT2D eigenvalue weighted by molar-refractivity contribution is 5.96. The van der Waals surface area contributed by atoms with E-state index < -0.39 is 0 Å². The summed E-state index contributed by atoms with van der Waals surface area (Å²) >= 11 is 0. The second-order valence-corrected chi connectivity index (χ2v) is 4.48. The van der Waals surface area contributed by atoms with Gasteiger partial charge in [-0.25, -0.2) is 0 Å². The van der Waals surface area contributed by atoms with Crippen molar-refractivity contribution in [3.63, 3.8) is 0 Å². The first-order valence-electron chi connectivity index (χ1n) is 6.26. The molecule has 2 aromatic rings. The quantitative estimate of drug-likeness (QED) is 0.569. The highest BCUT2D eigenvalue weighted by Crippen LogP contribution is 2.35. The molecule has 20 heavy (non-hydrogen) atoms. The van der Waals surface area contributed by atoms with E-state index in [0.717, 1.165) is 22.3 Å². The molecular formula is C18H10N2. The number of nitrogens with zero attached hydrogens (tertiary/aromatic N) is 2. The van der Waals surface area contributed by atoms with Crippen LogP contribution in [0.4, 0.5) is 0 Å². The zero-order chi connectivity index (χ0) is 13.9. The van der Waals surface area contributed by atoms with Crippen LogP contribution in [-0.4, -0.2) is 0 Å². The van der Waals surface area contributed by atoms with Crippen molar-refractivity contribution >= 4 is 17.7 Å². The van der Waals surface area contributed by atoms with Crippen molar-refractivity contribution < 1.29 is 0 Å². The summed E-state index contributed by atoms with van der Waals surface area (Å²) in [6.45, 7) is 0. The Morgan fingerprint density at radius 1 is 0.700 bits per heavy atom. The predicted octanol–water partition coefficient (Wildman–Crippen LogP) is 4.02. The number of hydrogen-bond donors (Lipinski definition) is 0. The summed E-state index contributed by atoms with van der Waals surface area (Å²) in [6, 6.07) is 19.7. The molecule has 0 amide bonds. The van der Waals surface area contributed by atoms with E-state index >= 15 is 0 Å². The molecule has 0 saturated heterocycles. The zero-order valence-electron chi connectivity index (χ0n) is 10.7. The van der Waals surface area contributed by atoms with E-state index in [1.54, 1.807) is 0 Å². The Balaban J connectivity index is 2.46. The van der Waals surface area contributed by atoms with E-state index in [4.69, 9.17) is 0 Å². The highest BCUT2D eigenvalue weighted by atomic mass is 14.3. The molecule has 0 fully saturated rings. The first-order chi connectivity index (χ1) is 9.85. The minimum absolute atomic E-state index is 0.147. The van der Waals surface area contributed by atoms with Gasteiger partial charge in [0.05, 0.1) is 0 Å². The van der Waals surface area contributed by atoms with Gasteiger partial charge in [0.25, 0.3) is 0 Å². The van der Waals surface area contributed by atoms with Gasteiger partial charge in [0.1, 0.15) is 17.7 Å². The molecule has 0 unspecified atom stereocenters.